The van der Waals surface area contributed by atoms with E-state index in [2.05, 4.69) is 46.4 Å². The highest BCUT2D eigenvalue weighted by Gasteiger charge is 2.28. The van der Waals surface area contributed by atoms with E-state index in [1.807, 2.05) is 6.07 Å². The van der Waals surface area contributed by atoms with Crippen molar-refractivity contribution in [3.63, 3.8) is 0 Å². The second-order valence-corrected chi connectivity index (χ2v) is 8.49. The molecule has 4 rings (SSSR count). The summed E-state index contributed by atoms with van der Waals surface area (Å²) in [5.41, 5.74) is 1.49. The zero-order valence-corrected chi connectivity index (χ0v) is 18.6. The standard InChI is InChI=1S/C25H25ClFN3O2/c1-17-15-30(16-18-6-3-2-4-7-18)13-12-22(17)32-24-9-5-8-23(28-24)29-25(31)20-11-10-19(27)14-21(20)26/h2-11,14,17,22H,12-13,15-16H2,1H3,(H,28,29,31)/t17-,22?/m0/s1. The molecule has 1 N–H and O–H groups in total. The lowest BCUT2D eigenvalue weighted by Crippen LogP contribution is -2.44. The lowest BCUT2D eigenvalue weighted by molar-refractivity contribution is 0.0462. The van der Waals surface area contributed by atoms with Gasteiger partial charge in [0.25, 0.3) is 5.91 Å². The second kappa shape index (κ2) is 10.1. The molecule has 1 unspecified atom stereocenters. The number of ether oxygens (including phenoxy) is 1. The third-order valence-electron chi connectivity index (χ3n) is 5.57. The Hall–Kier alpha value is -2.96. The molecule has 2 atom stereocenters. The summed E-state index contributed by atoms with van der Waals surface area (Å²) in [4.78, 5) is 19.3. The normalized spacial score (nSPS) is 18.8. The average molecular weight is 454 g/mol. The number of anilines is 1. The van der Waals surface area contributed by atoms with Gasteiger partial charge in [-0.05, 0) is 36.2 Å². The number of hydrogen-bond donors (Lipinski definition) is 1. The predicted molar refractivity (Wildman–Crippen MR) is 124 cm³/mol. The van der Waals surface area contributed by atoms with Gasteiger partial charge in [-0.3, -0.25) is 9.69 Å². The van der Waals surface area contributed by atoms with Gasteiger partial charge in [0.05, 0.1) is 10.6 Å². The van der Waals surface area contributed by atoms with E-state index in [4.69, 9.17) is 16.3 Å². The average Bonchev–Trinajstić information content (AvgIpc) is 2.76. The third kappa shape index (κ3) is 5.64. The Labute approximate surface area is 192 Å². The van der Waals surface area contributed by atoms with E-state index in [0.29, 0.717) is 17.6 Å². The molecule has 5 nitrogen and oxygen atoms in total. The van der Waals surface area contributed by atoms with E-state index in [0.717, 1.165) is 32.1 Å². The fraction of sp³-hybridized carbons (Fsp3) is 0.280. The Bertz CT molecular complexity index is 1080. The molecular weight excluding hydrogens is 429 g/mol. The van der Waals surface area contributed by atoms with Crippen molar-refractivity contribution < 1.29 is 13.9 Å². The summed E-state index contributed by atoms with van der Waals surface area (Å²) in [6.45, 7) is 5.01. The van der Waals surface area contributed by atoms with Crippen LogP contribution in [0.3, 0.4) is 0 Å². The Morgan fingerprint density at radius 2 is 2.00 bits per heavy atom. The Kier molecular flexibility index (Phi) is 7.02. The summed E-state index contributed by atoms with van der Waals surface area (Å²) < 4.78 is 19.4. The molecule has 2 heterocycles. The molecule has 0 radical (unpaired) electrons. The van der Waals surface area contributed by atoms with Crippen molar-refractivity contribution in [2.75, 3.05) is 18.4 Å². The topological polar surface area (TPSA) is 54.5 Å². The molecule has 1 amide bonds. The number of carbonyl (C=O) groups excluding carboxylic acids is 1. The fourth-order valence-electron chi connectivity index (χ4n) is 3.93. The summed E-state index contributed by atoms with van der Waals surface area (Å²) in [5.74, 6) is 0.195. The van der Waals surface area contributed by atoms with Gasteiger partial charge in [-0.25, -0.2) is 4.39 Å². The van der Waals surface area contributed by atoms with E-state index in [1.165, 1.54) is 17.7 Å². The van der Waals surface area contributed by atoms with Crippen LogP contribution in [0.1, 0.15) is 29.3 Å². The number of benzene rings is 2. The number of amides is 1. The highest BCUT2D eigenvalue weighted by molar-refractivity contribution is 6.34. The van der Waals surface area contributed by atoms with Gasteiger partial charge in [0.1, 0.15) is 17.7 Å². The Morgan fingerprint density at radius 1 is 1.19 bits per heavy atom. The molecule has 2 aromatic carbocycles. The van der Waals surface area contributed by atoms with Crippen LogP contribution >= 0.6 is 11.6 Å². The first-order valence-electron chi connectivity index (χ1n) is 10.6. The number of likely N-dealkylation sites (tertiary alicyclic amines) is 1. The van der Waals surface area contributed by atoms with Crippen molar-refractivity contribution >= 4 is 23.3 Å². The number of carbonyl (C=O) groups is 1. The van der Waals surface area contributed by atoms with Crippen LogP contribution in [-0.4, -0.2) is 35.0 Å². The second-order valence-electron chi connectivity index (χ2n) is 8.08. The molecule has 166 valence electrons. The number of hydrogen-bond acceptors (Lipinski definition) is 4. The van der Waals surface area contributed by atoms with Gasteiger partial charge < -0.3 is 10.1 Å². The van der Waals surface area contributed by atoms with E-state index in [1.54, 1.807) is 18.2 Å². The minimum Gasteiger partial charge on any atom is -0.474 e. The van der Waals surface area contributed by atoms with Crippen LogP contribution in [0.2, 0.25) is 5.02 Å². The van der Waals surface area contributed by atoms with Gasteiger partial charge in [0.15, 0.2) is 0 Å². The van der Waals surface area contributed by atoms with Crippen LogP contribution in [-0.2, 0) is 6.54 Å². The molecule has 0 bridgehead atoms. The van der Waals surface area contributed by atoms with E-state index >= 15 is 0 Å². The van der Waals surface area contributed by atoms with Crippen molar-refractivity contribution in [1.82, 2.24) is 9.88 Å². The van der Waals surface area contributed by atoms with Gasteiger partial charge >= 0.3 is 0 Å². The van der Waals surface area contributed by atoms with Crippen molar-refractivity contribution in [3.8, 4) is 5.88 Å². The molecule has 1 fully saturated rings. The van der Waals surface area contributed by atoms with E-state index in [-0.39, 0.29) is 16.7 Å². The molecule has 1 aliphatic rings. The molecule has 3 aromatic rings. The van der Waals surface area contributed by atoms with Crippen molar-refractivity contribution in [1.29, 1.82) is 0 Å². The maximum absolute atomic E-state index is 13.2. The Morgan fingerprint density at radius 3 is 2.75 bits per heavy atom. The maximum Gasteiger partial charge on any atom is 0.258 e. The highest BCUT2D eigenvalue weighted by atomic mass is 35.5. The largest absolute Gasteiger partial charge is 0.474 e. The lowest BCUT2D eigenvalue weighted by atomic mass is 9.96. The van der Waals surface area contributed by atoms with Crippen LogP contribution in [0, 0.1) is 11.7 Å². The van der Waals surface area contributed by atoms with Crippen LogP contribution in [0.15, 0.2) is 66.7 Å². The fourth-order valence-corrected chi connectivity index (χ4v) is 4.19. The molecule has 0 spiro atoms. The van der Waals surface area contributed by atoms with Crippen LogP contribution in [0.5, 0.6) is 5.88 Å². The van der Waals surface area contributed by atoms with Crippen LogP contribution < -0.4 is 10.1 Å². The van der Waals surface area contributed by atoms with Gasteiger partial charge in [-0.15, -0.1) is 0 Å². The molecule has 32 heavy (non-hydrogen) atoms. The number of piperidine rings is 1. The maximum atomic E-state index is 13.2. The molecule has 7 heteroatoms. The first kappa shape index (κ1) is 22.2. The van der Waals surface area contributed by atoms with Gasteiger partial charge in [-0.1, -0.05) is 54.9 Å². The minimum absolute atomic E-state index is 0.0472. The SMILES string of the molecule is C[C@H]1CN(Cc2ccccc2)CCC1Oc1cccc(NC(=O)c2ccc(F)cc2Cl)n1. The van der Waals surface area contributed by atoms with Gasteiger partial charge in [-0.2, -0.15) is 4.98 Å². The lowest BCUT2D eigenvalue weighted by Gasteiger charge is -2.36. The van der Waals surface area contributed by atoms with Crippen molar-refractivity contribution in [3.05, 3.63) is 88.7 Å². The van der Waals surface area contributed by atoms with Crippen molar-refractivity contribution in [2.24, 2.45) is 5.92 Å². The van der Waals surface area contributed by atoms with E-state index < -0.39 is 11.7 Å². The van der Waals surface area contributed by atoms with Crippen molar-refractivity contribution in [2.45, 2.75) is 26.0 Å². The highest BCUT2D eigenvalue weighted by Crippen LogP contribution is 2.24. The summed E-state index contributed by atoms with van der Waals surface area (Å²) in [6, 6.07) is 19.3. The zero-order valence-electron chi connectivity index (χ0n) is 17.8. The quantitative estimate of drug-likeness (QED) is 0.541. The third-order valence-corrected chi connectivity index (χ3v) is 5.89. The number of aromatic nitrogens is 1. The summed E-state index contributed by atoms with van der Waals surface area (Å²) in [6.07, 6.45) is 0.948. The minimum atomic E-state index is -0.496. The number of nitrogens with one attached hydrogen (secondary N) is 1. The number of rotatable bonds is 6. The summed E-state index contributed by atoms with van der Waals surface area (Å²) in [5, 5.41) is 2.74. The first-order chi connectivity index (χ1) is 15.5. The molecule has 0 aliphatic carbocycles. The number of halogens is 2. The molecular formula is C25H25ClFN3O2. The van der Waals surface area contributed by atoms with Crippen LogP contribution in [0.4, 0.5) is 10.2 Å². The molecule has 1 saturated heterocycles. The van der Waals surface area contributed by atoms with Crippen LogP contribution in [0.25, 0.3) is 0 Å². The number of pyridine rings is 1. The molecule has 1 aromatic heterocycles. The summed E-state index contributed by atoms with van der Waals surface area (Å²) in [7, 11) is 0. The van der Waals surface area contributed by atoms with Gasteiger partial charge in [0.2, 0.25) is 5.88 Å². The zero-order chi connectivity index (χ0) is 22.5. The summed E-state index contributed by atoms with van der Waals surface area (Å²) >= 11 is 5.98. The van der Waals surface area contributed by atoms with Gasteiger partial charge in [0, 0.05) is 31.6 Å². The Balaban J connectivity index is 1.35. The number of nitrogens with zero attached hydrogens (tertiary/aromatic N) is 2. The first-order valence-corrected chi connectivity index (χ1v) is 11.0. The smallest absolute Gasteiger partial charge is 0.258 e. The molecule has 0 saturated carbocycles. The predicted octanol–water partition coefficient (Wildman–Crippen LogP) is 5.42. The monoisotopic (exact) mass is 453 g/mol. The van der Waals surface area contributed by atoms with E-state index in [9.17, 15) is 9.18 Å². The molecule has 1 aliphatic heterocycles.